The zero-order chi connectivity index (χ0) is 26.4. The Morgan fingerprint density at radius 1 is 1.03 bits per heavy atom. The molecule has 1 amide bonds. The molecule has 0 aromatic heterocycles. The number of sulfonamides is 1. The summed E-state index contributed by atoms with van der Waals surface area (Å²) >= 11 is 0. The third-order valence-electron chi connectivity index (χ3n) is 4.84. The maximum Gasteiger partial charge on any atom is 0.573 e. The van der Waals surface area contributed by atoms with Gasteiger partial charge in [-0.2, -0.15) is 0 Å². The standard InChI is InChI=1S/C23H30F3N3O5S/c1-6-27-21(14(3)4)22(30)28-16-10-11-20(19(12-16)33-7-2)35(31,32)29-17-9-8-15(5)18(13-17)34-23(24,25)26/h8-14,21,27,29H,6-7H2,1-5H3,(H,28,30)/t21-/m0/s1. The van der Waals surface area contributed by atoms with Gasteiger partial charge in [0, 0.05) is 17.8 Å². The zero-order valence-electron chi connectivity index (χ0n) is 20.1. The summed E-state index contributed by atoms with van der Waals surface area (Å²) in [5, 5.41) is 5.85. The molecule has 12 heteroatoms. The molecule has 1 atom stereocenters. The topological polar surface area (TPSA) is 106 Å². The van der Waals surface area contributed by atoms with Gasteiger partial charge in [-0.15, -0.1) is 13.2 Å². The van der Waals surface area contributed by atoms with Gasteiger partial charge in [-0.25, -0.2) is 8.42 Å². The first-order chi connectivity index (χ1) is 16.3. The van der Waals surface area contributed by atoms with Gasteiger partial charge in [0.2, 0.25) is 5.91 Å². The van der Waals surface area contributed by atoms with Crippen molar-refractivity contribution in [3.63, 3.8) is 0 Å². The number of hydrogen-bond acceptors (Lipinski definition) is 6. The number of nitrogens with one attached hydrogen (secondary N) is 3. The lowest BCUT2D eigenvalue weighted by molar-refractivity contribution is -0.274. The fourth-order valence-corrected chi connectivity index (χ4v) is 4.43. The summed E-state index contributed by atoms with van der Waals surface area (Å²) in [6.45, 7) is 9.48. The summed E-state index contributed by atoms with van der Waals surface area (Å²) in [5.74, 6) is -0.816. The van der Waals surface area contributed by atoms with Crippen molar-refractivity contribution in [1.29, 1.82) is 0 Å². The van der Waals surface area contributed by atoms with Crippen molar-refractivity contribution >= 4 is 27.3 Å². The lowest BCUT2D eigenvalue weighted by Crippen LogP contribution is -2.44. The molecule has 0 radical (unpaired) electrons. The fraction of sp³-hybridized carbons (Fsp3) is 0.435. The summed E-state index contributed by atoms with van der Waals surface area (Å²) in [6.07, 6.45) is -4.92. The van der Waals surface area contributed by atoms with E-state index in [0.29, 0.717) is 12.2 Å². The van der Waals surface area contributed by atoms with Gasteiger partial charge in [-0.1, -0.05) is 26.8 Å². The van der Waals surface area contributed by atoms with E-state index in [1.807, 2.05) is 20.8 Å². The van der Waals surface area contributed by atoms with Crippen LogP contribution in [0.2, 0.25) is 0 Å². The second-order valence-electron chi connectivity index (χ2n) is 8.00. The minimum Gasteiger partial charge on any atom is -0.492 e. The molecule has 35 heavy (non-hydrogen) atoms. The Balaban J connectivity index is 2.34. The van der Waals surface area contributed by atoms with E-state index >= 15 is 0 Å². The second-order valence-corrected chi connectivity index (χ2v) is 9.65. The first-order valence-electron chi connectivity index (χ1n) is 11.0. The Morgan fingerprint density at radius 2 is 1.66 bits per heavy atom. The normalized spacial score (nSPS) is 12.8. The molecule has 3 N–H and O–H groups in total. The molecular formula is C23H30F3N3O5S. The van der Waals surface area contributed by atoms with Crippen molar-refractivity contribution in [2.24, 2.45) is 5.92 Å². The summed E-state index contributed by atoms with van der Waals surface area (Å²) in [5.41, 5.74) is 0.384. The molecule has 0 heterocycles. The number of amides is 1. The number of anilines is 2. The van der Waals surface area contributed by atoms with Crippen molar-refractivity contribution in [2.75, 3.05) is 23.2 Å². The van der Waals surface area contributed by atoms with Crippen LogP contribution in [0.5, 0.6) is 11.5 Å². The van der Waals surface area contributed by atoms with Gasteiger partial charge in [0.05, 0.1) is 18.3 Å². The average molecular weight is 518 g/mol. The van der Waals surface area contributed by atoms with Crippen molar-refractivity contribution in [3.8, 4) is 11.5 Å². The molecule has 2 aromatic carbocycles. The minimum atomic E-state index is -4.92. The number of halogens is 3. The number of carbonyl (C=O) groups is 1. The van der Waals surface area contributed by atoms with Gasteiger partial charge in [0.25, 0.3) is 10.0 Å². The first kappa shape index (κ1) is 28.2. The molecular weight excluding hydrogens is 487 g/mol. The first-order valence-corrected chi connectivity index (χ1v) is 12.5. The molecule has 0 spiro atoms. The monoisotopic (exact) mass is 517 g/mol. The van der Waals surface area contributed by atoms with Crippen LogP contribution in [-0.2, 0) is 14.8 Å². The van der Waals surface area contributed by atoms with Gasteiger partial charge in [-0.3, -0.25) is 9.52 Å². The van der Waals surface area contributed by atoms with Crippen LogP contribution in [-0.4, -0.2) is 39.9 Å². The third kappa shape index (κ3) is 8.03. The van der Waals surface area contributed by atoms with Gasteiger partial charge in [0.15, 0.2) is 0 Å². The largest absolute Gasteiger partial charge is 0.573 e. The van der Waals surface area contributed by atoms with E-state index in [0.717, 1.165) is 6.07 Å². The van der Waals surface area contributed by atoms with Crippen molar-refractivity contribution in [3.05, 3.63) is 42.0 Å². The van der Waals surface area contributed by atoms with Crippen molar-refractivity contribution < 1.29 is 35.9 Å². The molecule has 0 saturated heterocycles. The van der Waals surface area contributed by atoms with Crippen LogP contribution in [0.4, 0.5) is 24.5 Å². The molecule has 0 aliphatic heterocycles. The smallest absolute Gasteiger partial charge is 0.492 e. The third-order valence-corrected chi connectivity index (χ3v) is 6.26. The number of ether oxygens (including phenoxy) is 2. The van der Waals surface area contributed by atoms with E-state index in [-0.39, 0.29) is 40.3 Å². The molecule has 0 saturated carbocycles. The number of likely N-dealkylation sites (N-methyl/N-ethyl adjacent to an activating group) is 1. The summed E-state index contributed by atoms with van der Waals surface area (Å²) < 4.78 is 75.7. The van der Waals surface area contributed by atoms with Crippen LogP contribution in [0, 0.1) is 12.8 Å². The summed E-state index contributed by atoms with van der Waals surface area (Å²) in [6, 6.07) is 7.16. The van der Waals surface area contributed by atoms with Crippen LogP contribution >= 0.6 is 0 Å². The fourth-order valence-electron chi connectivity index (χ4n) is 3.26. The molecule has 194 valence electrons. The number of rotatable bonds is 11. The van der Waals surface area contributed by atoms with Crippen LogP contribution in [0.1, 0.15) is 33.3 Å². The Hall–Kier alpha value is -2.99. The Bertz CT molecular complexity index is 1140. The van der Waals surface area contributed by atoms with Crippen LogP contribution in [0.3, 0.4) is 0 Å². The maximum atomic E-state index is 13.0. The van der Waals surface area contributed by atoms with Gasteiger partial charge in [0.1, 0.15) is 16.4 Å². The van der Waals surface area contributed by atoms with Crippen molar-refractivity contribution in [1.82, 2.24) is 5.32 Å². The van der Waals surface area contributed by atoms with Crippen LogP contribution in [0.15, 0.2) is 41.3 Å². The molecule has 0 unspecified atom stereocenters. The SMILES string of the molecule is CCN[C@H](C(=O)Nc1ccc(S(=O)(=O)Nc2ccc(C)c(OC(F)(F)F)c2)c(OCC)c1)C(C)C. The van der Waals surface area contributed by atoms with E-state index < -0.39 is 28.2 Å². The number of alkyl halides is 3. The highest BCUT2D eigenvalue weighted by Gasteiger charge is 2.32. The molecule has 2 rings (SSSR count). The highest BCUT2D eigenvalue weighted by molar-refractivity contribution is 7.92. The highest BCUT2D eigenvalue weighted by Crippen LogP contribution is 2.32. The van der Waals surface area contributed by atoms with Crippen LogP contribution < -0.4 is 24.8 Å². The van der Waals surface area contributed by atoms with E-state index in [4.69, 9.17) is 4.74 Å². The van der Waals surface area contributed by atoms with Gasteiger partial charge in [-0.05, 0) is 50.1 Å². The molecule has 0 bridgehead atoms. The Kier molecular flexibility index (Phi) is 9.38. The van der Waals surface area contributed by atoms with Crippen molar-refractivity contribution in [2.45, 2.75) is 51.9 Å². The predicted molar refractivity (Wildman–Crippen MR) is 127 cm³/mol. The zero-order valence-corrected chi connectivity index (χ0v) is 20.9. The molecule has 0 aliphatic carbocycles. The van der Waals surface area contributed by atoms with Gasteiger partial charge < -0.3 is 20.1 Å². The lowest BCUT2D eigenvalue weighted by atomic mass is 10.0. The Morgan fingerprint density at radius 3 is 2.23 bits per heavy atom. The van der Waals surface area contributed by atoms with Crippen LogP contribution in [0.25, 0.3) is 0 Å². The maximum absolute atomic E-state index is 13.0. The predicted octanol–water partition coefficient (Wildman–Crippen LogP) is 4.67. The summed E-state index contributed by atoms with van der Waals surface area (Å²) in [7, 11) is -4.26. The van der Waals surface area contributed by atoms with Gasteiger partial charge >= 0.3 is 6.36 Å². The van der Waals surface area contributed by atoms with E-state index in [1.54, 1.807) is 6.92 Å². The molecule has 0 aliphatic rings. The number of hydrogen-bond donors (Lipinski definition) is 3. The minimum absolute atomic E-state index is 0.0193. The quantitative estimate of drug-likeness (QED) is 0.400. The van der Waals surface area contributed by atoms with E-state index in [2.05, 4.69) is 20.1 Å². The number of carbonyl (C=O) groups excluding carboxylic acids is 1. The molecule has 2 aromatic rings. The number of aryl methyl sites for hydroxylation is 1. The molecule has 8 nitrogen and oxygen atoms in total. The molecule has 0 fully saturated rings. The average Bonchev–Trinajstić information content (AvgIpc) is 2.73. The lowest BCUT2D eigenvalue weighted by Gasteiger charge is -2.21. The number of benzene rings is 2. The van der Waals surface area contributed by atoms with E-state index in [1.165, 1.54) is 37.3 Å². The highest BCUT2D eigenvalue weighted by atomic mass is 32.2. The summed E-state index contributed by atoms with van der Waals surface area (Å²) in [4.78, 5) is 12.4. The Labute approximate surface area is 203 Å². The second kappa shape index (κ2) is 11.6. The van der Waals surface area contributed by atoms with E-state index in [9.17, 15) is 26.4 Å².